The molecule has 0 fully saturated rings. The second-order valence-corrected chi connectivity index (χ2v) is 3.34. The number of halogens is 1. The molecule has 3 heteroatoms. The molecule has 0 saturated heterocycles. The molecule has 0 N–H and O–H groups in total. The van der Waals surface area contributed by atoms with E-state index < -0.39 is 0 Å². The largest absolute Gasteiger partial charge is 0.288 e. The Morgan fingerprint density at radius 1 is 1.38 bits per heavy atom. The van der Waals surface area contributed by atoms with Crippen LogP contribution in [0.2, 0.25) is 0 Å². The Balaban J connectivity index is 2.45. The van der Waals surface area contributed by atoms with Gasteiger partial charge in [-0.2, -0.15) is 0 Å². The SMILES string of the molecule is O=C(S)CCCc1ccccc1F. The zero-order valence-corrected chi connectivity index (χ0v) is 8.06. The van der Waals surface area contributed by atoms with E-state index in [1.807, 2.05) is 0 Å². The summed E-state index contributed by atoms with van der Waals surface area (Å²) in [6.45, 7) is 0. The minimum atomic E-state index is -0.200. The van der Waals surface area contributed by atoms with E-state index in [0.717, 1.165) is 0 Å². The van der Waals surface area contributed by atoms with E-state index in [1.54, 1.807) is 18.2 Å². The lowest BCUT2D eigenvalue weighted by Gasteiger charge is -2.00. The molecule has 1 nitrogen and oxygen atoms in total. The summed E-state index contributed by atoms with van der Waals surface area (Å²) in [7, 11) is 0. The van der Waals surface area contributed by atoms with E-state index in [-0.39, 0.29) is 10.9 Å². The zero-order chi connectivity index (χ0) is 9.68. The average Bonchev–Trinajstić information content (AvgIpc) is 2.08. The first-order valence-corrected chi connectivity index (χ1v) is 4.60. The van der Waals surface area contributed by atoms with Gasteiger partial charge < -0.3 is 0 Å². The predicted octanol–water partition coefficient (Wildman–Crippen LogP) is 2.60. The first-order chi connectivity index (χ1) is 6.20. The number of rotatable bonds is 4. The van der Waals surface area contributed by atoms with E-state index in [4.69, 9.17) is 0 Å². The molecule has 0 aliphatic carbocycles. The van der Waals surface area contributed by atoms with Crippen molar-refractivity contribution >= 4 is 17.7 Å². The molecule has 1 aromatic rings. The lowest BCUT2D eigenvalue weighted by Crippen LogP contribution is -1.93. The molecule has 0 heterocycles. The minimum Gasteiger partial charge on any atom is -0.288 e. The fraction of sp³-hybridized carbons (Fsp3) is 0.300. The maximum absolute atomic E-state index is 13.0. The second-order valence-electron chi connectivity index (χ2n) is 2.84. The van der Waals surface area contributed by atoms with E-state index in [0.29, 0.717) is 24.8 Å². The Morgan fingerprint density at radius 3 is 2.69 bits per heavy atom. The lowest BCUT2D eigenvalue weighted by molar-refractivity contribution is -0.110. The molecule has 13 heavy (non-hydrogen) atoms. The van der Waals surface area contributed by atoms with Crippen LogP contribution in [0.5, 0.6) is 0 Å². The molecule has 0 aliphatic heterocycles. The molecular formula is C10H11FOS. The van der Waals surface area contributed by atoms with Gasteiger partial charge in [-0.05, 0) is 24.5 Å². The molecule has 70 valence electrons. The van der Waals surface area contributed by atoms with Crippen LogP contribution in [0, 0.1) is 5.82 Å². The lowest BCUT2D eigenvalue weighted by atomic mass is 10.1. The van der Waals surface area contributed by atoms with Crippen molar-refractivity contribution in [2.45, 2.75) is 19.3 Å². The Morgan fingerprint density at radius 2 is 2.08 bits per heavy atom. The van der Waals surface area contributed by atoms with E-state index in [9.17, 15) is 9.18 Å². The van der Waals surface area contributed by atoms with Crippen molar-refractivity contribution in [1.29, 1.82) is 0 Å². The van der Waals surface area contributed by atoms with Crippen molar-refractivity contribution < 1.29 is 9.18 Å². The van der Waals surface area contributed by atoms with Crippen LogP contribution in [0.25, 0.3) is 0 Å². The Bertz CT molecular complexity index is 299. The second kappa shape index (κ2) is 5.02. The highest BCUT2D eigenvalue weighted by Crippen LogP contribution is 2.10. The van der Waals surface area contributed by atoms with Crippen LogP contribution in [0.15, 0.2) is 24.3 Å². The highest BCUT2D eigenvalue weighted by Gasteiger charge is 2.01. The van der Waals surface area contributed by atoms with Crippen LogP contribution in [0.4, 0.5) is 4.39 Å². The van der Waals surface area contributed by atoms with Crippen molar-refractivity contribution in [1.82, 2.24) is 0 Å². The standard InChI is InChI=1S/C10H11FOS/c11-9-6-2-1-4-8(9)5-3-7-10(12)13/h1-2,4,6H,3,5,7H2,(H,12,13). The molecular weight excluding hydrogens is 187 g/mol. The topological polar surface area (TPSA) is 17.1 Å². The summed E-state index contributed by atoms with van der Waals surface area (Å²) in [5.74, 6) is -0.200. The van der Waals surface area contributed by atoms with Crippen LogP contribution < -0.4 is 0 Å². The summed E-state index contributed by atoms with van der Waals surface area (Å²) in [6, 6.07) is 6.61. The Labute approximate surface area is 82.4 Å². The quantitative estimate of drug-likeness (QED) is 0.736. The first kappa shape index (κ1) is 10.3. The van der Waals surface area contributed by atoms with Crippen molar-refractivity contribution in [3.8, 4) is 0 Å². The first-order valence-electron chi connectivity index (χ1n) is 4.15. The number of hydrogen-bond acceptors (Lipinski definition) is 1. The molecule has 1 rings (SSSR count). The van der Waals surface area contributed by atoms with Gasteiger partial charge in [0.25, 0.3) is 0 Å². The maximum atomic E-state index is 13.0. The molecule has 0 radical (unpaired) electrons. The summed E-state index contributed by atoms with van der Waals surface area (Å²) < 4.78 is 13.0. The van der Waals surface area contributed by atoms with Crippen LogP contribution in [-0.2, 0) is 11.2 Å². The monoisotopic (exact) mass is 198 g/mol. The number of thiol groups is 1. The molecule has 0 atom stereocenters. The summed E-state index contributed by atoms with van der Waals surface area (Å²) >= 11 is 3.64. The van der Waals surface area contributed by atoms with Gasteiger partial charge in [-0.3, -0.25) is 4.79 Å². The number of carbonyl (C=O) groups is 1. The van der Waals surface area contributed by atoms with Crippen LogP contribution in [-0.4, -0.2) is 5.12 Å². The molecule has 0 unspecified atom stereocenters. The predicted molar refractivity (Wildman–Crippen MR) is 53.3 cm³/mol. The number of hydrogen-bond donors (Lipinski definition) is 1. The van der Waals surface area contributed by atoms with Gasteiger partial charge in [0.1, 0.15) is 5.82 Å². The normalized spacial score (nSPS) is 10.0. The molecule has 0 saturated carbocycles. The number of aryl methyl sites for hydroxylation is 1. The van der Waals surface area contributed by atoms with E-state index in [2.05, 4.69) is 12.6 Å². The van der Waals surface area contributed by atoms with Gasteiger partial charge in [0.05, 0.1) is 0 Å². The van der Waals surface area contributed by atoms with Gasteiger partial charge in [0, 0.05) is 6.42 Å². The fourth-order valence-electron chi connectivity index (χ4n) is 1.13. The fourth-order valence-corrected chi connectivity index (χ4v) is 1.29. The molecule has 1 aromatic carbocycles. The maximum Gasteiger partial charge on any atom is 0.185 e. The molecule has 0 amide bonds. The van der Waals surface area contributed by atoms with Gasteiger partial charge >= 0.3 is 0 Å². The van der Waals surface area contributed by atoms with E-state index in [1.165, 1.54) is 6.07 Å². The smallest absolute Gasteiger partial charge is 0.185 e. The Hall–Kier alpha value is -0.830. The van der Waals surface area contributed by atoms with Crippen LogP contribution in [0.3, 0.4) is 0 Å². The summed E-state index contributed by atoms with van der Waals surface area (Å²) in [6.07, 6.45) is 1.65. The summed E-state index contributed by atoms with van der Waals surface area (Å²) in [5.41, 5.74) is 0.664. The van der Waals surface area contributed by atoms with Gasteiger partial charge in [-0.25, -0.2) is 4.39 Å². The average molecular weight is 198 g/mol. The molecule has 0 spiro atoms. The number of benzene rings is 1. The zero-order valence-electron chi connectivity index (χ0n) is 7.16. The third-order valence-corrected chi connectivity index (χ3v) is 2.02. The number of carbonyl (C=O) groups excluding carboxylic acids is 1. The van der Waals surface area contributed by atoms with Gasteiger partial charge in [0.2, 0.25) is 0 Å². The molecule has 0 aromatic heterocycles. The van der Waals surface area contributed by atoms with Crippen molar-refractivity contribution in [2.75, 3.05) is 0 Å². The highest BCUT2D eigenvalue weighted by atomic mass is 32.1. The molecule has 0 aliphatic rings. The highest BCUT2D eigenvalue weighted by molar-refractivity contribution is 7.96. The van der Waals surface area contributed by atoms with Crippen LogP contribution >= 0.6 is 12.6 Å². The van der Waals surface area contributed by atoms with Crippen LogP contribution in [0.1, 0.15) is 18.4 Å². The van der Waals surface area contributed by atoms with Crippen molar-refractivity contribution in [3.05, 3.63) is 35.6 Å². The summed E-state index contributed by atoms with van der Waals surface area (Å²) in [4.78, 5) is 10.5. The van der Waals surface area contributed by atoms with E-state index >= 15 is 0 Å². The molecule has 0 bridgehead atoms. The summed E-state index contributed by atoms with van der Waals surface area (Å²) in [5, 5.41) is -0.142. The third-order valence-electron chi connectivity index (χ3n) is 1.79. The van der Waals surface area contributed by atoms with Gasteiger partial charge in [-0.15, -0.1) is 12.6 Å². The van der Waals surface area contributed by atoms with Crippen molar-refractivity contribution in [3.63, 3.8) is 0 Å². The minimum absolute atomic E-state index is 0.142. The van der Waals surface area contributed by atoms with Crippen molar-refractivity contribution in [2.24, 2.45) is 0 Å². The Kier molecular flexibility index (Phi) is 3.96. The van der Waals surface area contributed by atoms with Gasteiger partial charge in [0.15, 0.2) is 5.12 Å². The van der Waals surface area contributed by atoms with Gasteiger partial charge in [-0.1, -0.05) is 18.2 Å². The third kappa shape index (κ3) is 3.59.